The van der Waals surface area contributed by atoms with Crippen LogP contribution in [0.5, 0.6) is 0 Å². The summed E-state index contributed by atoms with van der Waals surface area (Å²) in [4.78, 5) is 16.2. The zero-order chi connectivity index (χ0) is 16.9. The van der Waals surface area contributed by atoms with Crippen molar-refractivity contribution in [1.29, 1.82) is 0 Å². The largest absolute Gasteiger partial charge is 0.355 e. The molecule has 0 unspecified atom stereocenters. The summed E-state index contributed by atoms with van der Waals surface area (Å²) in [5.41, 5.74) is 1.29. The molecule has 0 radical (unpaired) electrons. The van der Waals surface area contributed by atoms with E-state index in [2.05, 4.69) is 15.6 Å². The quantitative estimate of drug-likeness (QED) is 0.749. The Morgan fingerprint density at radius 3 is 2.50 bits per heavy atom. The van der Waals surface area contributed by atoms with Gasteiger partial charge in [0.05, 0.1) is 5.69 Å². The molecule has 0 saturated heterocycles. The Bertz CT molecular complexity index is 883. The second-order valence-electron chi connectivity index (χ2n) is 5.00. The number of nitrogens with zero attached hydrogens (tertiary/aromatic N) is 1. The number of halogens is 2. The number of benzene rings is 2. The second kappa shape index (κ2) is 6.87. The SMILES string of the molecule is O=C(Nc1ccccc1F)c1cc(Nc2cccc(F)c2)ccn1. The molecule has 6 heteroatoms. The van der Waals surface area contributed by atoms with Gasteiger partial charge in [0.15, 0.2) is 0 Å². The highest BCUT2D eigenvalue weighted by molar-refractivity contribution is 6.03. The number of carbonyl (C=O) groups is 1. The van der Waals surface area contributed by atoms with Crippen LogP contribution in [-0.2, 0) is 0 Å². The second-order valence-corrected chi connectivity index (χ2v) is 5.00. The summed E-state index contributed by atoms with van der Waals surface area (Å²) in [6.45, 7) is 0. The minimum atomic E-state index is -0.539. The number of anilines is 3. The lowest BCUT2D eigenvalue weighted by Crippen LogP contribution is -2.14. The molecule has 2 aromatic carbocycles. The summed E-state index contributed by atoms with van der Waals surface area (Å²) < 4.78 is 26.8. The van der Waals surface area contributed by atoms with E-state index in [1.807, 2.05) is 0 Å². The maximum atomic E-state index is 13.6. The number of amides is 1. The molecule has 3 rings (SSSR count). The maximum absolute atomic E-state index is 13.6. The summed E-state index contributed by atoms with van der Waals surface area (Å²) in [7, 11) is 0. The number of carbonyl (C=O) groups excluding carboxylic acids is 1. The molecule has 0 aliphatic heterocycles. The van der Waals surface area contributed by atoms with E-state index in [0.29, 0.717) is 11.4 Å². The monoisotopic (exact) mass is 325 g/mol. The number of pyridine rings is 1. The van der Waals surface area contributed by atoms with Crippen molar-refractivity contribution >= 4 is 23.0 Å². The summed E-state index contributed by atoms with van der Waals surface area (Å²) in [5.74, 6) is -1.44. The fourth-order valence-electron chi connectivity index (χ4n) is 2.11. The highest BCUT2D eigenvalue weighted by Gasteiger charge is 2.11. The van der Waals surface area contributed by atoms with Crippen molar-refractivity contribution in [2.75, 3.05) is 10.6 Å². The highest BCUT2D eigenvalue weighted by atomic mass is 19.1. The number of hydrogen-bond donors (Lipinski definition) is 2. The van der Waals surface area contributed by atoms with Crippen LogP contribution in [0.1, 0.15) is 10.5 Å². The van der Waals surface area contributed by atoms with E-state index in [1.54, 1.807) is 24.3 Å². The summed E-state index contributed by atoms with van der Waals surface area (Å²) in [5, 5.41) is 5.44. The van der Waals surface area contributed by atoms with Gasteiger partial charge in [-0.25, -0.2) is 8.78 Å². The van der Waals surface area contributed by atoms with Gasteiger partial charge in [0.1, 0.15) is 17.3 Å². The van der Waals surface area contributed by atoms with Gasteiger partial charge in [0.25, 0.3) is 5.91 Å². The van der Waals surface area contributed by atoms with Crippen molar-refractivity contribution in [1.82, 2.24) is 4.98 Å². The van der Waals surface area contributed by atoms with E-state index in [0.717, 1.165) is 0 Å². The van der Waals surface area contributed by atoms with Gasteiger partial charge in [0, 0.05) is 17.6 Å². The van der Waals surface area contributed by atoms with Gasteiger partial charge < -0.3 is 10.6 Å². The Morgan fingerprint density at radius 1 is 0.917 bits per heavy atom. The molecule has 24 heavy (non-hydrogen) atoms. The van der Waals surface area contributed by atoms with Crippen LogP contribution >= 0.6 is 0 Å². The first-order chi connectivity index (χ1) is 11.6. The van der Waals surface area contributed by atoms with Crippen molar-refractivity contribution < 1.29 is 13.6 Å². The maximum Gasteiger partial charge on any atom is 0.274 e. The third-order valence-electron chi connectivity index (χ3n) is 3.23. The van der Waals surface area contributed by atoms with E-state index in [9.17, 15) is 13.6 Å². The molecule has 0 spiro atoms. The van der Waals surface area contributed by atoms with Gasteiger partial charge in [0.2, 0.25) is 0 Å². The lowest BCUT2D eigenvalue weighted by molar-refractivity contribution is 0.102. The smallest absolute Gasteiger partial charge is 0.274 e. The van der Waals surface area contributed by atoms with Gasteiger partial charge in [-0.2, -0.15) is 0 Å². The van der Waals surface area contributed by atoms with Gasteiger partial charge in [-0.05, 0) is 42.5 Å². The third kappa shape index (κ3) is 3.73. The molecule has 3 aromatic rings. The molecule has 1 aromatic heterocycles. The summed E-state index contributed by atoms with van der Waals surface area (Å²) >= 11 is 0. The topological polar surface area (TPSA) is 54.0 Å². The summed E-state index contributed by atoms with van der Waals surface area (Å²) in [6, 6.07) is 15.0. The molecule has 120 valence electrons. The van der Waals surface area contributed by atoms with Crippen LogP contribution in [0, 0.1) is 11.6 Å². The molecule has 1 heterocycles. The molecule has 4 nitrogen and oxygen atoms in total. The Balaban J connectivity index is 1.77. The standard InChI is InChI=1S/C18H13F2N3O/c19-12-4-3-5-13(10-12)22-14-8-9-21-17(11-14)18(24)23-16-7-2-1-6-15(16)20/h1-11H,(H,21,22)(H,23,24). The fraction of sp³-hybridized carbons (Fsp3) is 0. The number of para-hydroxylation sites is 1. The Kier molecular flexibility index (Phi) is 4.47. The van der Waals surface area contributed by atoms with Crippen LogP contribution in [-0.4, -0.2) is 10.9 Å². The molecule has 0 saturated carbocycles. The molecule has 0 fully saturated rings. The molecular formula is C18H13F2N3O. The molecule has 0 atom stereocenters. The first-order valence-corrected chi connectivity index (χ1v) is 7.16. The molecular weight excluding hydrogens is 312 g/mol. The van der Waals surface area contributed by atoms with Crippen LogP contribution in [0.15, 0.2) is 66.9 Å². The van der Waals surface area contributed by atoms with Crippen LogP contribution in [0.2, 0.25) is 0 Å². The van der Waals surface area contributed by atoms with Gasteiger partial charge >= 0.3 is 0 Å². The Hall–Kier alpha value is -3.28. The molecule has 0 bridgehead atoms. The van der Waals surface area contributed by atoms with Crippen LogP contribution in [0.3, 0.4) is 0 Å². The predicted octanol–water partition coefficient (Wildman–Crippen LogP) is 4.36. The zero-order valence-corrected chi connectivity index (χ0v) is 12.5. The number of nitrogens with one attached hydrogen (secondary N) is 2. The number of hydrogen-bond acceptors (Lipinski definition) is 3. The third-order valence-corrected chi connectivity index (χ3v) is 3.23. The van der Waals surface area contributed by atoms with E-state index in [-0.39, 0.29) is 17.2 Å². The van der Waals surface area contributed by atoms with E-state index in [1.165, 1.54) is 42.6 Å². The van der Waals surface area contributed by atoms with E-state index >= 15 is 0 Å². The first kappa shape index (κ1) is 15.6. The van der Waals surface area contributed by atoms with Gasteiger partial charge in [-0.3, -0.25) is 9.78 Å². The minimum Gasteiger partial charge on any atom is -0.355 e. The normalized spacial score (nSPS) is 10.2. The molecule has 1 amide bonds. The average Bonchev–Trinajstić information content (AvgIpc) is 2.57. The van der Waals surface area contributed by atoms with Crippen LogP contribution in [0.4, 0.5) is 25.8 Å². The van der Waals surface area contributed by atoms with Crippen LogP contribution in [0.25, 0.3) is 0 Å². The number of rotatable bonds is 4. The first-order valence-electron chi connectivity index (χ1n) is 7.16. The molecule has 0 aliphatic rings. The zero-order valence-electron chi connectivity index (χ0n) is 12.5. The van der Waals surface area contributed by atoms with Crippen molar-refractivity contribution in [3.05, 3.63) is 84.2 Å². The Labute approximate surface area is 137 Å². The van der Waals surface area contributed by atoms with Crippen molar-refractivity contribution in [3.8, 4) is 0 Å². The lowest BCUT2D eigenvalue weighted by atomic mass is 10.2. The van der Waals surface area contributed by atoms with Gasteiger partial charge in [-0.15, -0.1) is 0 Å². The highest BCUT2D eigenvalue weighted by Crippen LogP contribution is 2.19. The predicted molar refractivity (Wildman–Crippen MR) is 88.3 cm³/mol. The summed E-state index contributed by atoms with van der Waals surface area (Å²) in [6.07, 6.45) is 1.44. The van der Waals surface area contributed by atoms with Crippen molar-refractivity contribution in [3.63, 3.8) is 0 Å². The minimum absolute atomic E-state index is 0.0767. The van der Waals surface area contributed by atoms with Crippen molar-refractivity contribution in [2.24, 2.45) is 0 Å². The molecule has 2 N–H and O–H groups in total. The number of aromatic nitrogens is 1. The van der Waals surface area contributed by atoms with Crippen LogP contribution < -0.4 is 10.6 Å². The van der Waals surface area contributed by atoms with Gasteiger partial charge in [-0.1, -0.05) is 18.2 Å². The Morgan fingerprint density at radius 2 is 1.71 bits per heavy atom. The van der Waals surface area contributed by atoms with Crippen molar-refractivity contribution in [2.45, 2.75) is 0 Å². The molecule has 0 aliphatic carbocycles. The fourth-order valence-corrected chi connectivity index (χ4v) is 2.11. The van der Waals surface area contributed by atoms with E-state index < -0.39 is 11.7 Å². The van der Waals surface area contributed by atoms with E-state index in [4.69, 9.17) is 0 Å². The lowest BCUT2D eigenvalue weighted by Gasteiger charge is -2.09. The average molecular weight is 325 g/mol.